The van der Waals surface area contributed by atoms with Gasteiger partial charge in [0.2, 0.25) is 0 Å². The zero-order valence-corrected chi connectivity index (χ0v) is 15.7. The minimum Gasteiger partial charge on any atom is -0.502 e. The van der Waals surface area contributed by atoms with Gasteiger partial charge in [-0.25, -0.2) is 9.69 Å². The molecule has 4 amide bonds. The molecule has 0 unspecified atom stereocenters. The lowest BCUT2D eigenvalue weighted by Gasteiger charge is -2.27. The molecule has 0 aromatic heterocycles. The second kappa shape index (κ2) is 7.91. The molecule has 11 nitrogen and oxygen atoms in total. The van der Waals surface area contributed by atoms with Gasteiger partial charge in [-0.05, 0) is 29.8 Å². The normalized spacial score (nSPS) is 15.2. The van der Waals surface area contributed by atoms with Crippen molar-refractivity contribution in [2.75, 3.05) is 19.1 Å². The van der Waals surface area contributed by atoms with E-state index in [1.165, 1.54) is 38.5 Å². The summed E-state index contributed by atoms with van der Waals surface area (Å²) in [7, 11) is 2.77. The Labute approximate surface area is 169 Å². The van der Waals surface area contributed by atoms with Crippen molar-refractivity contribution >= 4 is 35.3 Å². The maximum absolute atomic E-state index is 13.0. The van der Waals surface area contributed by atoms with Gasteiger partial charge in [-0.2, -0.15) is 0 Å². The molecule has 2 N–H and O–H groups in total. The molecule has 1 aliphatic rings. The van der Waals surface area contributed by atoms with E-state index in [0.29, 0.717) is 10.6 Å². The lowest BCUT2D eigenvalue weighted by molar-refractivity contribution is -0.385. The summed E-state index contributed by atoms with van der Waals surface area (Å²) in [6.45, 7) is 0. The van der Waals surface area contributed by atoms with Crippen molar-refractivity contribution in [2.24, 2.45) is 0 Å². The van der Waals surface area contributed by atoms with Gasteiger partial charge in [-0.15, -0.1) is 0 Å². The largest absolute Gasteiger partial charge is 0.502 e. The number of phenols is 1. The van der Waals surface area contributed by atoms with Crippen LogP contribution in [0.15, 0.2) is 42.0 Å². The third-order valence-electron chi connectivity index (χ3n) is 4.24. The van der Waals surface area contributed by atoms with E-state index in [1.54, 1.807) is 0 Å². The van der Waals surface area contributed by atoms with Crippen LogP contribution in [0.1, 0.15) is 5.56 Å². The van der Waals surface area contributed by atoms with Crippen LogP contribution in [0, 0.1) is 10.1 Å². The zero-order chi connectivity index (χ0) is 22.0. The van der Waals surface area contributed by atoms with E-state index in [2.05, 4.69) is 0 Å². The summed E-state index contributed by atoms with van der Waals surface area (Å²) < 4.78 is 10.3. The Bertz CT molecular complexity index is 1110. The van der Waals surface area contributed by atoms with Gasteiger partial charge in [0.1, 0.15) is 17.1 Å². The molecule has 0 spiro atoms. The van der Waals surface area contributed by atoms with Crippen molar-refractivity contribution < 1.29 is 33.9 Å². The topological polar surface area (TPSA) is 148 Å². The van der Waals surface area contributed by atoms with Crippen molar-refractivity contribution in [1.29, 1.82) is 0 Å². The number of methoxy groups -OCH3 is 2. The number of nitro groups is 1. The van der Waals surface area contributed by atoms with Crippen molar-refractivity contribution in [1.82, 2.24) is 5.32 Å². The second-order valence-electron chi connectivity index (χ2n) is 6.00. The average Bonchev–Trinajstić information content (AvgIpc) is 2.72. The fourth-order valence-electron chi connectivity index (χ4n) is 2.79. The van der Waals surface area contributed by atoms with Crippen molar-refractivity contribution in [3.63, 3.8) is 0 Å². The number of imide groups is 2. The Morgan fingerprint density at radius 3 is 2.47 bits per heavy atom. The van der Waals surface area contributed by atoms with Crippen molar-refractivity contribution in [3.8, 4) is 17.2 Å². The highest BCUT2D eigenvalue weighted by Crippen LogP contribution is 2.34. The van der Waals surface area contributed by atoms with Gasteiger partial charge in [-0.1, -0.05) is 6.07 Å². The predicted octanol–water partition coefficient (Wildman–Crippen LogP) is 1.98. The Hall–Kier alpha value is -4.41. The summed E-state index contributed by atoms with van der Waals surface area (Å²) in [6.07, 6.45) is 1.08. The molecule has 1 saturated heterocycles. The summed E-state index contributed by atoms with van der Waals surface area (Å²) in [6, 6.07) is 6.73. The smallest absolute Gasteiger partial charge is 0.336 e. The van der Waals surface area contributed by atoms with Gasteiger partial charge in [0.15, 0.2) is 5.75 Å². The minimum atomic E-state index is -0.984. The number of barbiturate groups is 1. The van der Waals surface area contributed by atoms with Gasteiger partial charge < -0.3 is 14.6 Å². The predicted molar refractivity (Wildman–Crippen MR) is 103 cm³/mol. The van der Waals surface area contributed by atoms with Crippen molar-refractivity contribution in [3.05, 3.63) is 57.6 Å². The van der Waals surface area contributed by atoms with Crippen LogP contribution in [0.3, 0.4) is 0 Å². The Kier molecular flexibility index (Phi) is 5.36. The van der Waals surface area contributed by atoms with Crippen LogP contribution in [-0.2, 0) is 9.59 Å². The zero-order valence-electron chi connectivity index (χ0n) is 15.7. The number of carbonyl (C=O) groups is 3. The lowest BCUT2D eigenvalue weighted by Crippen LogP contribution is -2.54. The number of nitrogens with zero attached hydrogens (tertiary/aromatic N) is 2. The number of ether oxygens (including phenoxy) is 2. The fraction of sp³-hybridized carbons (Fsp3) is 0.105. The summed E-state index contributed by atoms with van der Waals surface area (Å²) in [5.74, 6) is -1.93. The Balaban J connectivity index is 2.07. The van der Waals surface area contributed by atoms with Crippen LogP contribution in [0.25, 0.3) is 6.08 Å². The summed E-state index contributed by atoms with van der Waals surface area (Å²) in [4.78, 5) is 48.5. The highest BCUT2D eigenvalue weighted by atomic mass is 16.6. The molecule has 1 aliphatic heterocycles. The van der Waals surface area contributed by atoms with Crippen LogP contribution >= 0.6 is 0 Å². The van der Waals surface area contributed by atoms with Crippen LogP contribution < -0.4 is 19.7 Å². The average molecular weight is 413 g/mol. The SMILES string of the molecule is COc1ccc(N2C(=O)NC(=O)/C(=C\c3ccc(O)c([N+](=O)[O-])c3)C2=O)c(OC)c1. The van der Waals surface area contributed by atoms with E-state index in [4.69, 9.17) is 9.47 Å². The number of hydrogen-bond acceptors (Lipinski definition) is 8. The second-order valence-corrected chi connectivity index (χ2v) is 6.00. The van der Waals surface area contributed by atoms with Crippen molar-refractivity contribution in [2.45, 2.75) is 0 Å². The van der Waals surface area contributed by atoms with Gasteiger partial charge in [-0.3, -0.25) is 25.0 Å². The summed E-state index contributed by atoms with van der Waals surface area (Å²) >= 11 is 0. The number of nitro benzene ring substituents is 1. The third kappa shape index (κ3) is 3.63. The molecule has 3 rings (SSSR count). The van der Waals surface area contributed by atoms with E-state index in [1.807, 2.05) is 5.32 Å². The molecular formula is C19H15N3O8. The quantitative estimate of drug-likeness (QED) is 0.327. The van der Waals surface area contributed by atoms with E-state index >= 15 is 0 Å². The number of phenolic OH excluding ortho intramolecular Hbond substituents is 1. The molecule has 0 radical (unpaired) electrons. The first-order chi connectivity index (χ1) is 14.3. The van der Waals surface area contributed by atoms with E-state index in [0.717, 1.165) is 18.2 Å². The van der Waals surface area contributed by atoms with E-state index in [9.17, 15) is 29.6 Å². The van der Waals surface area contributed by atoms with Gasteiger partial charge in [0.05, 0.1) is 24.8 Å². The highest BCUT2D eigenvalue weighted by Gasteiger charge is 2.38. The summed E-state index contributed by atoms with van der Waals surface area (Å²) in [5, 5.41) is 22.6. The van der Waals surface area contributed by atoms with Crippen LogP contribution in [0.4, 0.5) is 16.2 Å². The van der Waals surface area contributed by atoms with E-state index in [-0.39, 0.29) is 17.0 Å². The third-order valence-corrected chi connectivity index (χ3v) is 4.24. The first-order valence-corrected chi connectivity index (χ1v) is 8.37. The fourth-order valence-corrected chi connectivity index (χ4v) is 2.79. The molecule has 154 valence electrons. The number of urea groups is 1. The lowest BCUT2D eigenvalue weighted by atomic mass is 10.1. The Morgan fingerprint density at radius 2 is 1.83 bits per heavy atom. The molecule has 30 heavy (non-hydrogen) atoms. The molecular weight excluding hydrogens is 398 g/mol. The number of rotatable bonds is 5. The first kappa shape index (κ1) is 20.3. The van der Waals surface area contributed by atoms with E-state index < -0.39 is 39.8 Å². The maximum Gasteiger partial charge on any atom is 0.336 e. The van der Waals surface area contributed by atoms with Gasteiger partial charge in [0, 0.05) is 12.1 Å². The molecule has 0 saturated carbocycles. The highest BCUT2D eigenvalue weighted by molar-refractivity contribution is 6.39. The monoisotopic (exact) mass is 413 g/mol. The first-order valence-electron chi connectivity index (χ1n) is 8.37. The number of nitrogens with one attached hydrogen (secondary N) is 1. The minimum absolute atomic E-state index is 0.0656. The van der Waals surface area contributed by atoms with Crippen LogP contribution in [0.5, 0.6) is 17.2 Å². The molecule has 1 fully saturated rings. The molecule has 1 heterocycles. The number of aromatic hydroxyl groups is 1. The number of carbonyl (C=O) groups excluding carboxylic acids is 3. The van der Waals surface area contributed by atoms with Crippen LogP contribution in [0.2, 0.25) is 0 Å². The molecule has 0 bridgehead atoms. The number of anilines is 1. The molecule has 0 aliphatic carbocycles. The maximum atomic E-state index is 13.0. The molecule has 11 heteroatoms. The van der Waals surface area contributed by atoms with Gasteiger partial charge >= 0.3 is 11.7 Å². The number of hydrogen-bond donors (Lipinski definition) is 2. The number of amides is 4. The van der Waals surface area contributed by atoms with Gasteiger partial charge in [0.25, 0.3) is 11.8 Å². The summed E-state index contributed by atoms with van der Waals surface area (Å²) in [5.41, 5.74) is -0.866. The molecule has 2 aromatic carbocycles. The van der Waals surface area contributed by atoms with Crippen LogP contribution in [-0.4, -0.2) is 42.1 Å². The molecule has 2 aromatic rings. The Morgan fingerprint density at radius 1 is 1.10 bits per heavy atom. The molecule has 0 atom stereocenters. The standard InChI is InChI=1S/C19H15N3O8/c1-29-11-4-5-13(16(9-11)30-2)21-18(25)12(17(24)20-19(21)26)7-10-3-6-15(23)14(8-10)22(27)28/h3-9,23H,1-2H3,(H,20,24,26)/b12-7+. The number of benzene rings is 2.